The summed E-state index contributed by atoms with van der Waals surface area (Å²) in [6, 6.07) is 19.2. The molecule has 1 saturated heterocycles. The van der Waals surface area contributed by atoms with Gasteiger partial charge in [-0.3, -0.25) is 19.7 Å². The highest BCUT2D eigenvalue weighted by molar-refractivity contribution is 6.43. The van der Waals surface area contributed by atoms with E-state index in [1.54, 1.807) is 60.7 Å². The Bertz CT molecular complexity index is 1360. The van der Waals surface area contributed by atoms with Crippen molar-refractivity contribution in [2.24, 2.45) is 0 Å². The van der Waals surface area contributed by atoms with Gasteiger partial charge in [0.15, 0.2) is 0 Å². The van der Waals surface area contributed by atoms with Gasteiger partial charge in [0.1, 0.15) is 5.69 Å². The zero-order chi connectivity index (χ0) is 23.8. The standard InChI is InChI=1S/C27H23N3O4/c1-18-7-6-8-20(15-18)29-26(31)22-10-3-2-9-21(22)23(27(29)32)16-19-11-12-24(25(17-19)30(33)34)28-13-4-5-14-28/h2-3,6-12,15-17H,4-5,13-14H2,1H3/b23-16-. The maximum absolute atomic E-state index is 13.6. The monoisotopic (exact) mass is 453 g/mol. The zero-order valence-corrected chi connectivity index (χ0v) is 18.7. The van der Waals surface area contributed by atoms with Gasteiger partial charge in [-0.2, -0.15) is 0 Å². The van der Waals surface area contributed by atoms with Crippen LogP contribution >= 0.6 is 0 Å². The lowest BCUT2D eigenvalue weighted by molar-refractivity contribution is -0.384. The minimum Gasteiger partial charge on any atom is -0.366 e. The number of hydrogen-bond acceptors (Lipinski definition) is 5. The van der Waals surface area contributed by atoms with Crippen LogP contribution in [-0.4, -0.2) is 29.8 Å². The quantitative estimate of drug-likeness (QED) is 0.234. The van der Waals surface area contributed by atoms with Crippen LogP contribution in [0.15, 0.2) is 66.7 Å². The summed E-state index contributed by atoms with van der Waals surface area (Å²) in [5, 5.41) is 11.8. The summed E-state index contributed by atoms with van der Waals surface area (Å²) in [7, 11) is 0. The molecule has 0 spiro atoms. The van der Waals surface area contributed by atoms with Gasteiger partial charge < -0.3 is 4.90 Å². The van der Waals surface area contributed by atoms with Crippen LogP contribution < -0.4 is 9.80 Å². The maximum atomic E-state index is 13.6. The molecule has 0 radical (unpaired) electrons. The van der Waals surface area contributed by atoms with E-state index in [1.165, 1.54) is 11.0 Å². The molecule has 7 nitrogen and oxygen atoms in total. The Morgan fingerprint density at radius 1 is 0.882 bits per heavy atom. The molecule has 3 aromatic rings. The summed E-state index contributed by atoms with van der Waals surface area (Å²) >= 11 is 0. The molecule has 0 saturated carbocycles. The normalized spacial score (nSPS) is 16.8. The molecule has 5 rings (SSSR count). The van der Waals surface area contributed by atoms with Gasteiger partial charge in [0, 0.05) is 30.3 Å². The van der Waals surface area contributed by atoms with E-state index in [9.17, 15) is 19.7 Å². The van der Waals surface area contributed by atoms with Crippen LogP contribution in [0.2, 0.25) is 0 Å². The van der Waals surface area contributed by atoms with E-state index in [4.69, 9.17) is 0 Å². The molecule has 3 aromatic carbocycles. The van der Waals surface area contributed by atoms with Crippen LogP contribution in [0, 0.1) is 17.0 Å². The number of aryl methyl sites for hydroxylation is 1. The highest BCUT2D eigenvalue weighted by Crippen LogP contribution is 2.36. The van der Waals surface area contributed by atoms with E-state index in [1.807, 2.05) is 17.9 Å². The largest absolute Gasteiger partial charge is 0.366 e. The van der Waals surface area contributed by atoms with Crippen molar-refractivity contribution in [3.05, 3.63) is 99.1 Å². The molecule has 2 aliphatic rings. The molecule has 0 N–H and O–H groups in total. The third-order valence-electron chi connectivity index (χ3n) is 6.30. The molecule has 0 bridgehead atoms. The van der Waals surface area contributed by atoms with Crippen molar-refractivity contribution < 1.29 is 14.5 Å². The smallest absolute Gasteiger partial charge is 0.293 e. The minimum absolute atomic E-state index is 0.0133. The lowest BCUT2D eigenvalue weighted by Crippen LogP contribution is -2.41. The van der Waals surface area contributed by atoms with Crippen LogP contribution in [-0.2, 0) is 4.79 Å². The Labute approximate surface area is 197 Å². The van der Waals surface area contributed by atoms with Crippen molar-refractivity contribution in [1.82, 2.24) is 0 Å². The first kappa shape index (κ1) is 21.6. The molecular weight excluding hydrogens is 430 g/mol. The number of carbonyl (C=O) groups excluding carboxylic acids is 2. The lowest BCUT2D eigenvalue weighted by Gasteiger charge is -2.29. The second kappa shape index (κ2) is 8.59. The van der Waals surface area contributed by atoms with Gasteiger partial charge in [-0.05, 0) is 66.8 Å². The zero-order valence-electron chi connectivity index (χ0n) is 18.7. The predicted molar refractivity (Wildman–Crippen MR) is 132 cm³/mol. The summed E-state index contributed by atoms with van der Waals surface area (Å²) in [6.07, 6.45) is 3.66. The van der Waals surface area contributed by atoms with Crippen LogP contribution in [0.5, 0.6) is 0 Å². The Morgan fingerprint density at radius 2 is 1.62 bits per heavy atom. The molecule has 2 amide bonds. The van der Waals surface area contributed by atoms with Crippen LogP contribution in [0.1, 0.15) is 39.9 Å². The fraction of sp³-hybridized carbons (Fsp3) is 0.185. The van der Waals surface area contributed by atoms with Crippen LogP contribution in [0.4, 0.5) is 17.1 Å². The van der Waals surface area contributed by atoms with Gasteiger partial charge >= 0.3 is 0 Å². The predicted octanol–water partition coefficient (Wildman–Crippen LogP) is 5.23. The number of nitro groups is 1. The summed E-state index contributed by atoms with van der Waals surface area (Å²) in [5.74, 6) is -0.848. The molecule has 170 valence electrons. The molecule has 2 aliphatic heterocycles. The van der Waals surface area contributed by atoms with Crippen LogP contribution in [0.3, 0.4) is 0 Å². The van der Waals surface area contributed by atoms with Crippen molar-refractivity contribution in [3.8, 4) is 0 Å². The van der Waals surface area contributed by atoms with Gasteiger partial charge in [0.25, 0.3) is 17.5 Å². The topological polar surface area (TPSA) is 83.8 Å². The van der Waals surface area contributed by atoms with E-state index < -0.39 is 11.8 Å². The van der Waals surface area contributed by atoms with Crippen molar-refractivity contribution in [3.63, 3.8) is 0 Å². The molecule has 0 unspecified atom stereocenters. The fourth-order valence-electron chi connectivity index (χ4n) is 4.66. The first-order valence-electron chi connectivity index (χ1n) is 11.2. The third kappa shape index (κ3) is 3.75. The third-order valence-corrected chi connectivity index (χ3v) is 6.30. The van der Waals surface area contributed by atoms with Gasteiger partial charge in [0.05, 0.1) is 10.6 Å². The van der Waals surface area contributed by atoms with E-state index in [0.29, 0.717) is 33.6 Å². The number of anilines is 2. The maximum Gasteiger partial charge on any atom is 0.293 e. The van der Waals surface area contributed by atoms with Crippen molar-refractivity contribution >= 4 is 40.5 Å². The number of imide groups is 1. The van der Waals surface area contributed by atoms with E-state index in [-0.39, 0.29) is 10.6 Å². The highest BCUT2D eigenvalue weighted by atomic mass is 16.6. The SMILES string of the molecule is Cc1cccc(N2C(=O)/C(=C\c3ccc(N4CCCC4)c([N+](=O)[O-])c3)c3ccccc3C2=O)c1. The Balaban J connectivity index is 1.63. The second-order valence-electron chi connectivity index (χ2n) is 8.59. The summed E-state index contributed by atoms with van der Waals surface area (Å²) < 4.78 is 0. The molecule has 0 atom stereocenters. The minimum atomic E-state index is -0.458. The molecule has 2 heterocycles. The first-order valence-corrected chi connectivity index (χ1v) is 11.2. The summed E-state index contributed by atoms with van der Waals surface area (Å²) in [5.41, 5.74) is 3.81. The molecule has 0 aliphatic carbocycles. The number of benzene rings is 3. The van der Waals surface area contributed by atoms with Crippen LogP contribution in [0.25, 0.3) is 11.6 Å². The van der Waals surface area contributed by atoms with Gasteiger partial charge in [-0.25, -0.2) is 4.90 Å². The van der Waals surface area contributed by atoms with E-state index in [2.05, 4.69) is 0 Å². The molecule has 1 fully saturated rings. The first-order chi connectivity index (χ1) is 16.4. The van der Waals surface area contributed by atoms with E-state index in [0.717, 1.165) is 31.5 Å². The second-order valence-corrected chi connectivity index (χ2v) is 8.59. The molecule has 34 heavy (non-hydrogen) atoms. The Morgan fingerprint density at radius 3 is 2.32 bits per heavy atom. The lowest BCUT2D eigenvalue weighted by atomic mass is 9.91. The average molecular weight is 453 g/mol. The number of fused-ring (bicyclic) bond motifs is 1. The number of rotatable bonds is 4. The van der Waals surface area contributed by atoms with Crippen molar-refractivity contribution in [2.75, 3.05) is 22.9 Å². The Kier molecular flexibility index (Phi) is 5.45. The average Bonchev–Trinajstić information content (AvgIpc) is 3.37. The Hall–Kier alpha value is -4.26. The highest BCUT2D eigenvalue weighted by Gasteiger charge is 2.36. The van der Waals surface area contributed by atoms with Gasteiger partial charge in [-0.1, -0.05) is 36.4 Å². The number of nitro benzene ring substituents is 1. The number of carbonyl (C=O) groups is 2. The molecule has 7 heteroatoms. The number of nitrogens with zero attached hydrogens (tertiary/aromatic N) is 3. The fourth-order valence-corrected chi connectivity index (χ4v) is 4.66. The summed E-state index contributed by atoms with van der Waals surface area (Å²) in [6.45, 7) is 3.48. The van der Waals surface area contributed by atoms with Gasteiger partial charge in [0.2, 0.25) is 0 Å². The van der Waals surface area contributed by atoms with Gasteiger partial charge in [-0.15, -0.1) is 0 Å². The van der Waals surface area contributed by atoms with Crippen molar-refractivity contribution in [1.29, 1.82) is 0 Å². The molecule has 0 aromatic heterocycles. The number of amides is 2. The summed E-state index contributed by atoms with van der Waals surface area (Å²) in [4.78, 5) is 41.5. The number of hydrogen-bond donors (Lipinski definition) is 0. The van der Waals surface area contributed by atoms with Crippen molar-refractivity contribution in [2.45, 2.75) is 19.8 Å². The molecular formula is C27H23N3O4. The van der Waals surface area contributed by atoms with E-state index >= 15 is 0 Å².